The van der Waals surface area contributed by atoms with Gasteiger partial charge in [0.1, 0.15) is 16.6 Å². The monoisotopic (exact) mass is 269 g/mol. The first-order valence-corrected chi connectivity index (χ1v) is 6.21. The Balaban J connectivity index is 2.30. The van der Waals surface area contributed by atoms with E-state index < -0.39 is 5.82 Å². The Morgan fingerprint density at radius 2 is 2.29 bits per heavy atom. The van der Waals surface area contributed by atoms with E-state index in [4.69, 9.17) is 11.6 Å². The molecule has 1 aromatic carbocycles. The van der Waals surface area contributed by atoms with E-state index in [2.05, 4.69) is 4.98 Å². The van der Waals surface area contributed by atoms with E-state index in [-0.39, 0.29) is 10.8 Å². The van der Waals surface area contributed by atoms with E-state index in [9.17, 15) is 9.18 Å². The van der Waals surface area contributed by atoms with E-state index in [0.717, 1.165) is 16.3 Å². The highest BCUT2D eigenvalue weighted by Gasteiger charge is 2.08. The van der Waals surface area contributed by atoms with Crippen LogP contribution in [0.15, 0.2) is 23.6 Å². The van der Waals surface area contributed by atoms with Crippen LogP contribution in [0.3, 0.4) is 0 Å². The summed E-state index contributed by atoms with van der Waals surface area (Å²) in [5.41, 5.74) is 1.49. The predicted octanol–water partition coefficient (Wildman–Crippen LogP) is 3.73. The summed E-state index contributed by atoms with van der Waals surface area (Å²) in [5, 5.41) is 2.64. The maximum absolute atomic E-state index is 13.0. The number of nitrogens with zero attached hydrogens (tertiary/aromatic N) is 1. The van der Waals surface area contributed by atoms with Crippen LogP contribution in [0.5, 0.6) is 0 Å². The fourth-order valence-corrected chi connectivity index (χ4v) is 2.40. The van der Waals surface area contributed by atoms with Gasteiger partial charge in [0.05, 0.1) is 10.7 Å². The molecule has 5 heteroatoms. The van der Waals surface area contributed by atoms with Gasteiger partial charge in [-0.15, -0.1) is 11.3 Å². The van der Waals surface area contributed by atoms with Crippen molar-refractivity contribution < 1.29 is 9.18 Å². The van der Waals surface area contributed by atoms with Gasteiger partial charge in [0.25, 0.3) is 0 Å². The number of hydrogen-bond donors (Lipinski definition) is 0. The van der Waals surface area contributed by atoms with Crippen molar-refractivity contribution in [3.05, 3.63) is 40.1 Å². The van der Waals surface area contributed by atoms with Crippen LogP contribution in [0, 0.1) is 5.82 Å². The van der Waals surface area contributed by atoms with Crippen LogP contribution in [0.2, 0.25) is 5.02 Å². The molecule has 0 atom stereocenters. The van der Waals surface area contributed by atoms with Gasteiger partial charge in [-0.05, 0) is 25.1 Å². The van der Waals surface area contributed by atoms with Crippen molar-refractivity contribution in [1.82, 2.24) is 4.98 Å². The number of Topliss-reactive ketones (excluding diaryl/α,β-unsaturated/α-hetero) is 1. The number of rotatable bonds is 3. The lowest BCUT2D eigenvalue weighted by atomic mass is 10.2. The average Bonchev–Trinajstić information content (AvgIpc) is 2.69. The second kappa shape index (κ2) is 4.94. The van der Waals surface area contributed by atoms with Gasteiger partial charge in [-0.1, -0.05) is 11.6 Å². The van der Waals surface area contributed by atoms with Crippen molar-refractivity contribution in [2.45, 2.75) is 13.3 Å². The fraction of sp³-hybridized carbons (Fsp3) is 0.167. The van der Waals surface area contributed by atoms with Crippen LogP contribution in [-0.2, 0) is 11.2 Å². The molecule has 0 fully saturated rings. The maximum Gasteiger partial charge on any atom is 0.141 e. The largest absolute Gasteiger partial charge is 0.300 e. The van der Waals surface area contributed by atoms with E-state index in [1.54, 1.807) is 6.07 Å². The van der Waals surface area contributed by atoms with Crippen LogP contribution in [0.1, 0.15) is 12.6 Å². The molecule has 1 heterocycles. The molecule has 88 valence electrons. The first-order chi connectivity index (χ1) is 8.06. The van der Waals surface area contributed by atoms with Crippen LogP contribution in [-0.4, -0.2) is 10.8 Å². The molecule has 0 aliphatic rings. The molecule has 0 spiro atoms. The summed E-state index contributed by atoms with van der Waals surface area (Å²) in [7, 11) is 0. The molecule has 2 aromatic rings. The molecule has 0 saturated heterocycles. The SMILES string of the molecule is CC(=O)Cc1csc(-c2ccc(F)c(Cl)c2)n1. The van der Waals surface area contributed by atoms with Crippen molar-refractivity contribution in [2.75, 3.05) is 0 Å². The molecule has 0 saturated carbocycles. The normalized spacial score (nSPS) is 10.5. The van der Waals surface area contributed by atoms with E-state index in [1.165, 1.54) is 30.4 Å². The van der Waals surface area contributed by atoms with Gasteiger partial charge >= 0.3 is 0 Å². The quantitative estimate of drug-likeness (QED) is 0.850. The zero-order chi connectivity index (χ0) is 12.4. The molecule has 2 nitrogen and oxygen atoms in total. The first kappa shape index (κ1) is 12.2. The molecule has 1 aromatic heterocycles. The number of carbonyl (C=O) groups is 1. The summed E-state index contributed by atoms with van der Waals surface area (Å²) < 4.78 is 13.0. The Morgan fingerprint density at radius 3 is 2.94 bits per heavy atom. The van der Waals surface area contributed by atoms with Gasteiger partial charge in [-0.2, -0.15) is 0 Å². The number of hydrogen-bond acceptors (Lipinski definition) is 3. The highest BCUT2D eigenvalue weighted by Crippen LogP contribution is 2.27. The van der Waals surface area contributed by atoms with Crippen LogP contribution in [0.4, 0.5) is 4.39 Å². The van der Waals surface area contributed by atoms with Gasteiger partial charge < -0.3 is 0 Å². The second-order valence-electron chi connectivity index (χ2n) is 3.65. The Morgan fingerprint density at radius 1 is 1.53 bits per heavy atom. The summed E-state index contributed by atoms with van der Waals surface area (Å²) in [4.78, 5) is 15.3. The summed E-state index contributed by atoms with van der Waals surface area (Å²) >= 11 is 7.12. The molecule has 2 rings (SSSR count). The summed E-state index contributed by atoms with van der Waals surface area (Å²) in [5.74, 6) is -0.380. The standard InChI is InChI=1S/C12H9ClFNOS/c1-7(16)4-9-6-17-12(15-9)8-2-3-11(14)10(13)5-8/h2-3,5-6H,4H2,1H3. The Hall–Kier alpha value is -1.26. The third-order valence-corrected chi connectivity index (χ3v) is 3.38. The van der Waals surface area contributed by atoms with Gasteiger partial charge in [-0.3, -0.25) is 4.79 Å². The molecule has 17 heavy (non-hydrogen) atoms. The lowest BCUT2D eigenvalue weighted by Gasteiger charge is -1.98. The zero-order valence-corrected chi connectivity index (χ0v) is 10.6. The third-order valence-electron chi connectivity index (χ3n) is 2.15. The Labute approximate surface area is 107 Å². The van der Waals surface area contributed by atoms with Crippen LogP contribution in [0.25, 0.3) is 10.6 Å². The second-order valence-corrected chi connectivity index (χ2v) is 4.92. The minimum Gasteiger partial charge on any atom is -0.300 e. The Kier molecular flexibility index (Phi) is 3.54. The van der Waals surface area contributed by atoms with Crippen molar-refractivity contribution >= 4 is 28.7 Å². The lowest BCUT2D eigenvalue weighted by Crippen LogP contribution is -1.96. The average molecular weight is 270 g/mol. The number of aromatic nitrogens is 1. The van der Waals surface area contributed by atoms with Crippen molar-refractivity contribution in [2.24, 2.45) is 0 Å². The molecule has 0 N–H and O–H groups in total. The topological polar surface area (TPSA) is 30.0 Å². The molecule has 0 bridgehead atoms. The molecule has 0 unspecified atom stereocenters. The van der Waals surface area contributed by atoms with Gasteiger partial charge in [0.2, 0.25) is 0 Å². The third kappa shape index (κ3) is 2.90. The molecule has 0 aliphatic carbocycles. The Bertz CT molecular complexity index is 567. The zero-order valence-electron chi connectivity index (χ0n) is 9.04. The molecule has 0 amide bonds. The number of halogens is 2. The molecule has 0 aliphatic heterocycles. The minimum atomic E-state index is -0.448. The molecular weight excluding hydrogens is 261 g/mol. The highest BCUT2D eigenvalue weighted by atomic mass is 35.5. The molecular formula is C12H9ClFNOS. The van der Waals surface area contributed by atoms with E-state index >= 15 is 0 Å². The van der Waals surface area contributed by atoms with E-state index in [0.29, 0.717) is 6.42 Å². The highest BCUT2D eigenvalue weighted by molar-refractivity contribution is 7.13. The van der Waals surface area contributed by atoms with Gasteiger partial charge in [0, 0.05) is 17.4 Å². The van der Waals surface area contributed by atoms with Gasteiger partial charge in [0.15, 0.2) is 0 Å². The van der Waals surface area contributed by atoms with Gasteiger partial charge in [-0.25, -0.2) is 9.37 Å². The summed E-state index contributed by atoms with van der Waals surface area (Å²) in [6.07, 6.45) is 0.325. The van der Waals surface area contributed by atoms with Crippen molar-refractivity contribution in [1.29, 1.82) is 0 Å². The van der Waals surface area contributed by atoms with Crippen LogP contribution < -0.4 is 0 Å². The summed E-state index contributed by atoms with van der Waals surface area (Å²) in [6, 6.07) is 4.47. The minimum absolute atomic E-state index is 0.0685. The number of benzene rings is 1. The van der Waals surface area contributed by atoms with Crippen molar-refractivity contribution in [3.8, 4) is 10.6 Å². The van der Waals surface area contributed by atoms with Crippen LogP contribution >= 0.6 is 22.9 Å². The fourth-order valence-electron chi connectivity index (χ4n) is 1.40. The van der Waals surface area contributed by atoms with E-state index in [1.807, 2.05) is 5.38 Å². The molecule has 0 radical (unpaired) electrons. The predicted molar refractivity (Wildman–Crippen MR) is 66.9 cm³/mol. The van der Waals surface area contributed by atoms with Crippen molar-refractivity contribution in [3.63, 3.8) is 0 Å². The number of thiazole rings is 1. The number of carbonyl (C=O) groups excluding carboxylic acids is 1. The number of ketones is 1. The maximum atomic E-state index is 13.0. The summed E-state index contributed by atoms with van der Waals surface area (Å²) in [6.45, 7) is 1.52. The lowest BCUT2D eigenvalue weighted by molar-refractivity contribution is -0.116. The first-order valence-electron chi connectivity index (χ1n) is 4.95. The smallest absolute Gasteiger partial charge is 0.141 e.